The molecule has 5 nitrogen and oxygen atoms in total. The zero-order valence-corrected chi connectivity index (χ0v) is 15.0. The van der Waals surface area contributed by atoms with Gasteiger partial charge in [-0.25, -0.2) is 4.98 Å². The molecule has 0 spiro atoms. The van der Waals surface area contributed by atoms with Gasteiger partial charge in [-0.05, 0) is 49.8 Å². The first-order chi connectivity index (χ1) is 12.1. The second-order valence-electron chi connectivity index (χ2n) is 7.15. The van der Waals surface area contributed by atoms with Gasteiger partial charge in [0.25, 0.3) is 0 Å². The van der Waals surface area contributed by atoms with Crippen molar-refractivity contribution in [3.05, 3.63) is 46.6 Å². The zero-order valence-electron chi connectivity index (χ0n) is 15.0. The van der Waals surface area contributed by atoms with Gasteiger partial charge in [0, 0.05) is 31.6 Å². The lowest BCUT2D eigenvalue weighted by Gasteiger charge is -2.30. The number of aliphatic hydroxyl groups is 1. The van der Waals surface area contributed by atoms with E-state index < -0.39 is 6.10 Å². The predicted molar refractivity (Wildman–Crippen MR) is 100 cm³/mol. The number of hydrogen-bond donors (Lipinski definition) is 2. The third kappa shape index (κ3) is 3.47. The number of rotatable bonds is 5. The smallest absolute Gasteiger partial charge is 0.224 e. The van der Waals surface area contributed by atoms with Gasteiger partial charge in [-0.2, -0.15) is 4.98 Å². The summed E-state index contributed by atoms with van der Waals surface area (Å²) in [6.07, 6.45) is 3.06. The third-order valence-electron chi connectivity index (χ3n) is 5.11. The number of nitrogens with zero attached hydrogens (tertiary/aromatic N) is 3. The van der Waals surface area contributed by atoms with E-state index in [0.717, 1.165) is 43.4 Å². The fourth-order valence-corrected chi connectivity index (χ4v) is 3.47. The fraction of sp³-hybridized carbons (Fsp3) is 0.500. The molecule has 1 aliphatic heterocycles. The van der Waals surface area contributed by atoms with Crippen LogP contribution in [0.5, 0.6) is 0 Å². The summed E-state index contributed by atoms with van der Waals surface area (Å²) in [7, 11) is 0. The highest BCUT2D eigenvalue weighted by Gasteiger charge is 2.27. The van der Waals surface area contributed by atoms with Gasteiger partial charge in [-0.15, -0.1) is 0 Å². The van der Waals surface area contributed by atoms with Crippen molar-refractivity contribution in [3.63, 3.8) is 0 Å². The zero-order chi connectivity index (χ0) is 17.4. The molecule has 132 valence electrons. The molecule has 4 rings (SSSR count). The van der Waals surface area contributed by atoms with Crippen molar-refractivity contribution in [2.24, 2.45) is 0 Å². The van der Waals surface area contributed by atoms with Crippen LogP contribution in [0.15, 0.2) is 24.3 Å². The normalized spacial score (nSPS) is 18.0. The molecule has 1 aromatic heterocycles. The van der Waals surface area contributed by atoms with Crippen LogP contribution in [0.1, 0.15) is 61.1 Å². The van der Waals surface area contributed by atoms with Crippen LogP contribution in [0.2, 0.25) is 0 Å². The lowest BCUT2D eigenvalue weighted by atomic mass is 9.96. The minimum absolute atomic E-state index is 0.408. The Morgan fingerprint density at radius 3 is 2.80 bits per heavy atom. The van der Waals surface area contributed by atoms with E-state index in [2.05, 4.69) is 40.3 Å². The molecular formula is C20H26N4O. The molecule has 2 aromatic rings. The molecule has 1 aromatic carbocycles. The largest absolute Gasteiger partial charge is 0.389 e. The molecule has 0 radical (unpaired) electrons. The maximum atomic E-state index is 9.79. The van der Waals surface area contributed by atoms with E-state index in [1.807, 2.05) is 13.0 Å². The molecule has 1 atom stereocenters. The highest BCUT2D eigenvalue weighted by Crippen LogP contribution is 2.40. The van der Waals surface area contributed by atoms with Crippen LogP contribution in [0.3, 0.4) is 0 Å². The molecule has 1 saturated carbocycles. The fourth-order valence-electron chi connectivity index (χ4n) is 3.47. The molecule has 25 heavy (non-hydrogen) atoms. The van der Waals surface area contributed by atoms with Gasteiger partial charge in [0.2, 0.25) is 5.95 Å². The second-order valence-corrected chi connectivity index (χ2v) is 7.15. The van der Waals surface area contributed by atoms with Crippen LogP contribution in [0, 0.1) is 0 Å². The molecule has 1 aliphatic carbocycles. The molecule has 0 saturated heterocycles. The highest BCUT2D eigenvalue weighted by molar-refractivity contribution is 5.49. The van der Waals surface area contributed by atoms with E-state index in [1.54, 1.807) is 0 Å². The topological polar surface area (TPSA) is 61.3 Å². The second kappa shape index (κ2) is 6.64. The Kier molecular flexibility index (Phi) is 4.34. The van der Waals surface area contributed by atoms with Crippen molar-refractivity contribution in [1.82, 2.24) is 9.97 Å². The summed E-state index contributed by atoms with van der Waals surface area (Å²) in [6.45, 7) is 6.53. The Bertz CT molecular complexity index is 770. The van der Waals surface area contributed by atoms with Crippen LogP contribution >= 0.6 is 0 Å². The summed E-state index contributed by atoms with van der Waals surface area (Å²) in [6, 6.07) is 8.51. The number of nitrogens with one attached hydrogen (secondary N) is 1. The van der Waals surface area contributed by atoms with Crippen molar-refractivity contribution in [3.8, 4) is 0 Å². The molecule has 2 aliphatic rings. The van der Waals surface area contributed by atoms with Crippen LogP contribution < -0.4 is 10.2 Å². The highest BCUT2D eigenvalue weighted by atomic mass is 16.3. The van der Waals surface area contributed by atoms with E-state index >= 15 is 0 Å². The number of aliphatic hydroxyl groups excluding tert-OH is 1. The molecular weight excluding hydrogens is 312 g/mol. The van der Waals surface area contributed by atoms with Gasteiger partial charge >= 0.3 is 0 Å². The summed E-state index contributed by atoms with van der Waals surface area (Å²) in [5.41, 5.74) is 4.85. The number of hydrogen-bond acceptors (Lipinski definition) is 5. The van der Waals surface area contributed by atoms with Crippen molar-refractivity contribution in [2.75, 3.05) is 23.3 Å². The summed E-state index contributed by atoms with van der Waals surface area (Å²) in [5, 5.41) is 13.1. The SMILES string of the molecule is CCNc1nc(C2CC2)cc(N2CCc3cc([C@H](C)O)ccc3C2)n1. The van der Waals surface area contributed by atoms with E-state index in [-0.39, 0.29) is 0 Å². The minimum atomic E-state index is -0.408. The molecule has 2 heterocycles. The third-order valence-corrected chi connectivity index (χ3v) is 5.11. The predicted octanol–water partition coefficient (Wildman–Crippen LogP) is 3.40. The Morgan fingerprint density at radius 1 is 1.24 bits per heavy atom. The van der Waals surface area contributed by atoms with Crippen molar-refractivity contribution < 1.29 is 5.11 Å². The number of anilines is 2. The van der Waals surface area contributed by atoms with Gasteiger partial charge < -0.3 is 15.3 Å². The Balaban J connectivity index is 1.60. The molecule has 2 N–H and O–H groups in total. The van der Waals surface area contributed by atoms with Gasteiger partial charge in [0.15, 0.2) is 0 Å². The maximum absolute atomic E-state index is 9.79. The van der Waals surface area contributed by atoms with Crippen LogP contribution in [-0.2, 0) is 13.0 Å². The van der Waals surface area contributed by atoms with Crippen LogP contribution in [0.4, 0.5) is 11.8 Å². The quantitative estimate of drug-likeness (QED) is 0.875. The van der Waals surface area contributed by atoms with E-state index in [0.29, 0.717) is 5.92 Å². The summed E-state index contributed by atoms with van der Waals surface area (Å²) in [4.78, 5) is 11.8. The number of aromatic nitrogens is 2. The van der Waals surface area contributed by atoms with Crippen molar-refractivity contribution >= 4 is 11.8 Å². The first kappa shape index (κ1) is 16.3. The van der Waals surface area contributed by atoms with Gasteiger partial charge in [0.05, 0.1) is 11.8 Å². The van der Waals surface area contributed by atoms with Gasteiger partial charge in [-0.3, -0.25) is 0 Å². The van der Waals surface area contributed by atoms with E-state index in [9.17, 15) is 5.11 Å². The summed E-state index contributed by atoms with van der Waals surface area (Å²) in [5.74, 6) is 2.39. The van der Waals surface area contributed by atoms with E-state index in [1.165, 1.54) is 29.7 Å². The van der Waals surface area contributed by atoms with Gasteiger partial charge in [-0.1, -0.05) is 18.2 Å². The first-order valence-corrected chi connectivity index (χ1v) is 9.31. The lowest BCUT2D eigenvalue weighted by molar-refractivity contribution is 0.199. The Labute approximate surface area is 149 Å². The average molecular weight is 338 g/mol. The van der Waals surface area contributed by atoms with Crippen LogP contribution in [-0.4, -0.2) is 28.2 Å². The molecule has 5 heteroatoms. The van der Waals surface area contributed by atoms with Gasteiger partial charge in [0.1, 0.15) is 5.82 Å². The van der Waals surface area contributed by atoms with Crippen molar-refractivity contribution in [1.29, 1.82) is 0 Å². The molecule has 0 unspecified atom stereocenters. The number of benzene rings is 1. The molecule has 1 fully saturated rings. The lowest BCUT2D eigenvalue weighted by Crippen LogP contribution is -2.31. The Hall–Kier alpha value is -2.14. The first-order valence-electron chi connectivity index (χ1n) is 9.31. The summed E-state index contributed by atoms with van der Waals surface area (Å²) < 4.78 is 0. The average Bonchev–Trinajstić information content (AvgIpc) is 3.46. The molecule has 0 amide bonds. The monoisotopic (exact) mass is 338 g/mol. The van der Waals surface area contributed by atoms with Crippen molar-refractivity contribution in [2.45, 2.75) is 51.7 Å². The number of fused-ring (bicyclic) bond motifs is 1. The molecule has 0 bridgehead atoms. The van der Waals surface area contributed by atoms with Crippen LogP contribution in [0.25, 0.3) is 0 Å². The standard InChI is InChI=1S/C20H26N4O/c1-3-21-20-22-18(14-4-5-14)11-19(23-20)24-9-8-16-10-15(13(2)25)6-7-17(16)12-24/h6-7,10-11,13-14,25H,3-5,8-9,12H2,1-2H3,(H,21,22,23)/t13-/m0/s1. The maximum Gasteiger partial charge on any atom is 0.224 e. The minimum Gasteiger partial charge on any atom is -0.389 e. The van der Waals surface area contributed by atoms with E-state index in [4.69, 9.17) is 4.98 Å². The summed E-state index contributed by atoms with van der Waals surface area (Å²) >= 11 is 0. The Morgan fingerprint density at radius 2 is 2.08 bits per heavy atom.